The lowest BCUT2D eigenvalue weighted by Gasteiger charge is -2.03. The van der Waals surface area contributed by atoms with Crippen LogP contribution in [0.25, 0.3) is 10.8 Å². The lowest BCUT2D eigenvalue weighted by molar-refractivity contribution is 0.236. The van der Waals surface area contributed by atoms with Crippen molar-refractivity contribution >= 4 is 10.8 Å². The summed E-state index contributed by atoms with van der Waals surface area (Å²) < 4.78 is 5.61. The lowest BCUT2D eigenvalue weighted by Crippen LogP contribution is -2.24. The molecule has 0 aliphatic rings. The van der Waals surface area contributed by atoms with Gasteiger partial charge in [0.1, 0.15) is 0 Å². The van der Waals surface area contributed by atoms with Crippen LogP contribution in [0.15, 0.2) is 26.2 Å². The number of fused-ring (bicyclic) bond motifs is 1. The number of hydrogen-bond acceptors (Lipinski definition) is 5. The van der Waals surface area contributed by atoms with Crippen LogP contribution in [0.5, 0.6) is 11.5 Å². The summed E-state index contributed by atoms with van der Waals surface area (Å²) in [5.74, 6) is -0.911. The molecule has 0 spiro atoms. The van der Waals surface area contributed by atoms with Gasteiger partial charge in [-0.05, 0) is 19.1 Å². The zero-order valence-electron chi connectivity index (χ0n) is 8.43. The van der Waals surface area contributed by atoms with Crippen molar-refractivity contribution in [1.82, 2.24) is 4.74 Å². The van der Waals surface area contributed by atoms with Crippen molar-refractivity contribution in [3.8, 4) is 11.5 Å². The molecule has 0 aliphatic heterocycles. The molecule has 1 heterocycles. The van der Waals surface area contributed by atoms with Gasteiger partial charge in [0, 0.05) is 0 Å². The van der Waals surface area contributed by atoms with E-state index in [0.717, 1.165) is 16.9 Å². The predicted molar refractivity (Wildman–Crippen MR) is 55.7 cm³/mol. The topological polar surface area (TPSA) is 92.7 Å². The van der Waals surface area contributed by atoms with E-state index in [1.54, 1.807) is 6.92 Å². The molecule has 2 rings (SSSR count). The summed E-state index contributed by atoms with van der Waals surface area (Å²) >= 11 is 0. The molecule has 1 aromatic heterocycles. The van der Waals surface area contributed by atoms with Crippen LogP contribution in [0.1, 0.15) is 6.92 Å². The largest absolute Gasteiger partial charge is 0.504 e. The van der Waals surface area contributed by atoms with Crippen LogP contribution in [0.2, 0.25) is 0 Å². The third-order valence-corrected chi connectivity index (χ3v) is 2.27. The fourth-order valence-electron chi connectivity index (χ4n) is 1.46. The van der Waals surface area contributed by atoms with Gasteiger partial charge in [-0.1, -0.05) is 0 Å². The number of aryl methyl sites for hydroxylation is 1. The Hall–Kier alpha value is -2.24. The second-order valence-corrected chi connectivity index (χ2v) is 3.27. The van der Waals surface area contributed by atoms with Crippen molar-refractivity contribution < 1.29 is 14.7 Å². The standard InChI is InChI=1S/C10H9NO5/c1-2-11-9(14)5-3-7(12)8(13)4-6(5)10(15)16-11/h3-4,12-13H,2H2,1H3. The maximum atomic E-state index is 11.7. The van der Waals surface area contributed by atoms with Gasteiger partial charge >= 0.3 is 5.63 Å². The van der Waals surface area contributed by atoms with Crippen molar-refractivity contribution in [3.63, 3.8) is 0 Å². The molecule has 1 aromatic carbocycles. The summed E-state index contributed by atoms with van der Waals surface area (Å²) in [4.78, 5) is 23.2. The van der Waals surface area contributed by atoms with E-state index in [2.05, 4.69) is 0 Å². The molecule has 2 N–H and O–H groups in total. The number of hydrogen-bond donors (Lipinski definition) is 2. The predicted octanol–water partition coefficient (Wildman–Crippen LogP) is 0.386. The van der Waals surface area contributed by atoms with Gasteiger partial charge in [0.05, 0.1) is 17.3 Å². The highest BCUT2D eigenvalue weighted by molar-refractivity contribution is 5.83. The van der Waals surface area contributed by atoms with Crippen LogP contribution in [0, 0.1) is 0 Å². The van der Waals surface area contributed by atoms with Gasteiger partial charge in [-0.15, -0.1) is 0 Å². The molecular formula is C10H9NO5. The molecule has 0 saturated carbocycles. The zero-order valence-corrected chi connectivity index (χ0v) is 8.43. The summed E-state index contributed by atoms with van der Waals surface area (Å²) in [7, 11) is 0. The van der Waals surface area contributed by atoms with Crippen LogP contribution in [-0.4, -0.2) is 15.0 Å². The Bertz CT molecular complexity index is 667. The van der Waals surface area contributed by atoms with E-state index < -0.39 is 22.7 Å². The van der Waals surface area contributed by atoms with E-state index in [4.69, 9.17) is 4.52 Å². The monoisotopic (exact) mass is 223 g/mol. The number of aromatic hydroxyl groups is 2. The quantitative estimate of drug-likeness (QED) is 0.682. The minimum atomic E-state index is -0.730. The highest BCUT2D eigenvalue weighted by atomic mass is 16.5. The van der Waals surface area contributed by atoms with E-state index in [1.807, 2.05) is 0 Å². The molecule has 16 heavy (non-hydrogen) atoms. The molecule has 0 atom stereocenters. The zero-order chi connectivity index (χ0) is 11.9. The minimum absolute atomic E-state index is 0.0217. The van der Waals surface area contributed by atoms with Crippen molar-refractivity contribution in [1.29, 1.82) is 0 Å². The highest BCUT2D eigenvalue weighted by Crippen LogP contribution is 2.26. The first-order valence-corrected chi connectivity index (χ1v) is 4.64. The molecule has 0 radical (unpaired) electrons. The summed E-state index contributed by atoms with van der Waals surface area (Å²) in [5.41, 5.74) is -1.25. The molecule has 6 nitrogen and oxygen atoms in total. The smallest absolute Gasteiger partial charge is 0.364 e. The van der Waals surface area contributed by atoms with Crippen LogP contribution >= 0.6 is 0 Å². The Labute approximate surface area is 88.9 Å². The number of phenolic OH excluding ortho intramolecular Hbond substituents is 2. The van der Waals surface area contributed by atoms with Crippen molar-refractivity contribution in [2.45, 2.75) is 13.5 Å². The Morgan fingerprint density at radius 1 is 1.19 bits per heavy atom. The Kier molecular flexibility index (Phi) is 2.19. The average Bonchev–Trinajstić information content (AvgIpc) is 2.26. The van der Waals surface area contributed by atoms with Gasteiger partial charge in [0.25, 0.3) is 5.56 Å². The Balaban J connectivity index is 3.03. The average molecular weight is 223 g/mol. The van der Waals surface area contributed by atoms with Crippen molar-refractivity contribution in [3.05, 3.63) is 32.9 Å². The van der Waals surface area contributed by atoms with E-state index in [0.29, 0.717) is 0 Å². The second-order valence-electron chi connectivity index (χ2n) is 3.27. The lowest BCUT2D eigenvalue weighted by atomic mass is 10.2. The summed E-state index contributed by atoms with van der Waals surface area (Å²) in [6, 6.07) is 2.06. The van der Waals surface area contributed by atoms with Gasteiger partial charge in [0.15, 0.2) is 11.5 Å². The van der Waals surface area contributed by atoms with Gasteiger partial charge in [0.2, 0.25) is 0 Å². The van der Waals surface area contributed by atoms with Crippen LogP contribution < -0.4 is 11.2 Å². The van der Waals surface area contributed by atoms with E-state index in [1.165, 1.54) is 0 Å². The number of phenols is 2. The van der Waals surface area contributed by atoms with E-state index in [-0.39, 0.29) is 17.3 Å². The Morgan fingerprint density at radius 2 is 1.75 bits per heavy atom. The highest BCUT2D eigenvalue weighted by Gasteiger charge is 2.11. The molecule has 0 amide bonds. The number of benzene rings is 1. The molecular weight excluding hydrogens is 214 g/mol. The van der Waals surface area contributed by atoms with Gasteiger partial charge in [-0.3, -0.25) is 4.79 Å². The second kappa shape index (κ2) is 3.41. The van der Waals surface area contributed by atoms with Crippen molar-refractivity contribution in [2.24, 2.45) is 0 Å². The number of nitrogens with zero attached hydrogens (tertiary/aromatic N) is 1. The molecule has 0 fully saturated rings. The minimum Gasteiger partial charge on any atom is -0.504 e. The molecule has 0 saturated heterocycles. The maximum absolute atomic E-state index is 11.7. The van der Waals surface area contributed by atoms with Gasteiger partial charge < -0.3 is 14.7 Å². The maximum Gasteiger partial charge on any atom is 0.364 e. The van der Waals surface area contributed by atoms with Gasteiger partial charge in [-0.2, -0.15) is 4.74 Å². The van der Waals surface area contributed by atoms with Crippen molar-refractivity contribution in [2.75, 3.05) is 0 Å². The SMILES string of the molecule is CCn1oc(=O)c2cc(O)c(O)cc2c1=O. The molecule has 0 aliphatic carbocycles. The van der Waals surface area contributed by atoms with E-state index >= 15 is 0 Å². The first-order valence-electron chi connectivity index (χ1n) is 4.64. The van der Waals surface area contributed by atoms with Gasteiger partial charge in [-0.25, -0.2) is 4.79 Å². The molecule has 6 heteroatoms. The van der Waals surface area contributed by atoms with Crippen LogP contribution in [0.3, 0.4) is 0 Å². The third kappa shape index (κ3) is 1.35. The first kappa shape index (κ1) is 10.3. The number of aromatic nitrogens is 1. The summed E-state index contributed by atoms with van der Waals surface area (Å²) in [6.07, 6.45) is 0. The fraction of sp³-hybridized carbons (Fsp3) is 0.200. The summed E-state index contributed by atoms with van der Waals surface area (Å²) in [6.45, 7) is 1.86. The molecule has 84 valence electrons. The Morgan fingerprint density at radius 3 is 2.31 bits per heavy atom. The van der Waals surface area contributed by atoms with Crippen LogP contribution in [0.4, 0.5) is 0 Å². The van der Waals surface area contributed by atoms with Crippen LogP contribution in [-0.2, 0) is 6.54 Å². The third-order valence-electron chi connectivity index (χ3n) is 2.27. The number of rotatable bonds is 1. The van der Waals surface area contributed by atoms with E-state index in [9.17, 15) is 19.8 Å². The normalized spacial score (nSPS) is 10.8. The molecule has 2 aromatic rings. The first-order chi connectivity index (χ1) is 7.54. The summed E-state index contributed by atoms with van der Waals surface area (Å²) in [5, 5.41) is 18.5. The molecule has 0 unspecified atom stereocenters. The fourth-order valence-corrected chi connectivity index (χ4v) is 1.46. The molecule has 0 bridgehead atoms.